The van der Waals surface area contributed by atoms with E-state index < -0.39 is 35.3 Å². The number of imidazole rings is 1. The summed E-state index contributed by atoms with van der Waals surface area (Å²) in [5.74, 6) is -0.957. The minimum Gasteiger partial charge on any atom is -0.386 e. The molecule has 4 fully saturated rings. The van der Waals surface area contributed by atoms with Crippen LogP contribution in [0.15, 0.2) is 59.5 Å². The molecule has 14 nitrogen and oxygen atoms in total. The maximum absolute atomic E-state index is 13.4. The Morgan fingerprint density at radius 1 is 0.968 bits per heavy atom. The number of halogens is 3. The van der Waals surface area contributed by atoms with E-state index in [1.54, 1.807) is 42.2 Å². The van der Waals surface area contributed by atoms with Crippen molar-refractivity contribution >= 4 is 45.3 Å². The van der Waals surface area contributed by atoms with Gasteiger partial charge < -0.3 is 15.3 Å². The van der Waals surface area contributed by atoms with Gasteiger partial charge in [0.1, 0.15) is 17.4 Å². The molecule has 1 saturated carbocycles. The van der Waals surface area contributed by atoms with Crippen LogP contribution in [0.5, 0.6) is 0 Å². The van der Waals surface area contributed by atoms with E-state index >= 15 is 0 Å². The molecule has 3 aliphatic heterocycles. The minimum absolute atomic E-state index is 0.200. The smallest absolute Gasteiger partial charge is 0.386 e. The van der Waals surface area contributed by atoms with Gasteiger partial charge in [0.25, 0.3) is 5.91 Å². The topological polar surface area (TPSA) is 160 Å². The molecule has 9 rings (SSSR count). The molecule has 6 heterocycles. The maximum atomic E-state index is 13.4. The van der Waals surface area contributed by atoms with Crippen LogP contribution in [0.3, 0.4) is 0 Å². The molecule has 17 heteroatoms. The van der Waals surface area contributed by atoms with Crippen LogP contribution in [0, 0.1) is 11.3 Å². The average molecular weight is 856 g/mol. The van der Waals surface area contributed by atoms with Crippen molar-refractivity contribution in [1.82, 2.24) is 39.0 Å². The van der Waals surface area contributed by atoms with Crippen LogP contribution in [0.1, 0.15) is 105 Å². The molecular weight excluding hydrogens is 804 g/mol. The molecule has 0 radical (unpaired) electrons. The van der Waals surface area contributed by atoms with Gasteiger partial charge in [-0.1, -0.05) is 18.2 Å². The highest BCUT2D eigenvalue weighted by molar-refractivity contribution is 6.04. The zero-order chi connectivity index (χ0) is 43.7. The summed E-state index contributed by atoms with van der Waals surface area (Å²) in [4.78, 5) is 59.6. The highest BCUT2D eigenvalue weighted by Gasteiger charge is 2.45. The number of carbonyl (C=O) groups excluding carboxylic acids is 3. The third kappa shape index (κ3) is 8.05. The summed E-state index contributed by atoms with van der Waals surface area (Å²) in [6, 6.07) is 12.0. The second-order valence-corrected chi connectivity index (χ2v) is 18.6. The van der Waals surface area contributed by atoms with Crippen LogP contribution in [-0.2, 0) is 35.0 Å². The van der Waals surface area contributed by atoms with Crippen LogP contribution in [0.4, 0.5) is 18.9 Å². The minimum atomic E-state index is -4.69. The van der Waals surface area contributed by atoms with Gasteiger partial charge in [-0.05, 0) is 119 Å². The number of alkyl halides is 3. The molecule has 1 spiro atoms. The van der Waals surface area contributed by atoms with Crippen molar-refractivity contribution in [2.24, 2.45) is 18.4 Å². The normalized spacial score (nSPS) is 22.6. The van der Waals surface area contributed by atoms with E-state index in [1.165, 1.54) is 6.07 Å². The molecule has 3 amide bonds. The third-order valence-corrected chi connectivity index (χ3v) is 13.7. The van der Waals surface area contributed by atoms with E-state index in [0.29, 0.717) is 28.8 Å². The van der Waals surface area contributed by atoms with Crippen molar-refractivity contribution in [2.75, 3.05) is 38.0 Å². The number of hydrogen-bond acceptors (Lipinski definition) is 9. The standard InChI is InChI=1S/C45H52F3N9O5/c1-43(2,62)31-21-33-29(20-34(31)50-40(59)32-7-5-9-37(49-32)45(46,47)48)24-56(52-33)30-12-10-27(11-13-30)22-54-18-16-44(17-19-54)25-55(26-44)23-28-6-4-8-35-39(28)53(3)42(61)57(35)36-14-15-38(58)51-41(36)60/h4-9,20-21,24,27,30,36,62H,10-19,22-23,25-26H2,1-3H3,(H,50,59)(H,51,58,60). The molecule has 1 atom stereocenters. The van der Waals surface area contributed by atoms with Gasteiger partial charge in [0.15, 0.2) is 0 Å². The molecule has 1 unspecified atom stereocenters. The zero-order valence-electron chi connectivity index (χ0n) is 35.2. The lowest BCUT2D eigenvalue weighted by Gasteiger charge is -2.54. The van der Waals surface area contributed by atoms with Gasteiger partial charge in [0, 0.05) is 62.5 Å². The number of imide groups is 1. The van der Waals surface area contributed by atoms with E-state index in [2.05, 4.69) is 31.5 Å². The van der Waals surface area contributed by atoms with Gasteiger partial charge in [-0.2, -0.15) is 18.3 Å². The number of benzene rings is 2. The largest absolute Gasteiger partial charge is 0.433 e. The number of nitrogens with zero attached hydrogens (tertiary/aromatic N) is 7. The molecular formula is C45H52F3N9O5. The van der Waals surface area contributed by atoms with Crippen LogP contribution in [0.2, 0.25) is 0 Å². The lowest BCUT2D eigenvalue weighted by Crippen LogP contribution is -2.60. The number of aliphatic hydroxyl groups is 1. The van der Waals surface area contributed by atoms with Crippen molar-refractivity contribution in [3.63, 3.8) is 0 Å². The van der Waals surface area contributed by atoms with Gasteiger partial charge in [-0.15, -0.1) is 0 Å². The van der Waals surface area contributed by atoms with Crippen molar-refractivity contribution in [2.45, 2.75) is 95.6 Å². The molecule has 4 aliphatic rings. The maximum Gasteiger partial charge on any atom is 0.433 e. The number of piperidine rings is 2. The number of fused-ring (bicyclic) bond motifs is 2. The molecule has 2 aromatic carbocycles. The third-order valence-electron chi connectivity index (χ3n) is 13.7. The Balaban J connectivity index is 0.778. The first-order valence-corrected chi connectivity index (χ1v) is 21.5. The summed E-state index contributed by atoms with van der Waals surface area (Å²) in [5, 5.41) is 21.7. The summed E-state index contributed by atoms with van der Waals surface area (Å²) in [6.45, 7) is 9.14. The monoisotopic (exact) mass is 855 g/mol. The Morgan fingerprint density at radius 2 is 1.69 bits per heavy atom. The van der Waals surface area contributed by atoms with Crippen LogP contribution in [0.25, 0.3) is 21.9 Å². The fourth-order valence-electron chi connectivity index (χ4n) is 10.4. The quantitative estimate of drug-likeness (QED) is 0.154. The summed E-state index contributed by atoms with van der Waals surface area (Å²) < 4.78 is 45.0. The summed E-state index contributed by atoms with van der Waals surface area (Å²) in [5.41, 5.74) is 1.07. The van der Waals surface area contributed by atoms with E-state index in [1.807, 2.05) is 23.0 Å². The molecule has 3 saturated heterocycles. The number of rotatable bonds is 9. The summed E-state index contributed by atoms with van der Waals surface area (Å²) in [6.07, 6.45) is 4.18. The number of amides is 3. The summed E-state index contributed by atoms with van der Waals surface area (Å²) >= 11 is 0. The van der Waals surface area contributed by atoms with Gasteiger partial charge >= 0.3 is 11.9 Å². The Hall–Kier alpha value is -5.39. The Kier molecular flexibility index (Phi) is 10.7. The number of hydrogen-bond donors (Lipinski definition) is 3. The fraction of sp³-hybridized carbons (Fsp3) is 0.511. The van der Waals surface area contributed by atoms with E-state index in [9.17, 15) is 37.5 Å². The number of pyridine rings is 1. The van der Waals surface area contributed by atoms with E-state index in [-0.39, 0.29) is 35.4 Å². The number of carbonyl (C=O) groups is 3. The second kappa shape index (κ2) is 15.8. The Bertz CT molecular complexity index is 2620. The van der Waals surface area contributed by atoms with Crippen LogP contribution < -0.4 is 16.3 Å². The average Bonchev–Trinajstić information content (AvgIpc) is 3.75. The molecule has 3 N–H and O–H groups in total. The van der Waals surface area contributed by atoms with Crippen molar-refractivity contribution in [3.05, 3.63) is 87.7 Å². The summed E-state index contributed by atoms with van der Waals surface area (Å²) in [7, 11) is 1.75. The fourth-order valence-corrected chi connectivity index (χ4v) is 10.4. The molecule has 3 aromatic heterocycles. The zero-order valence-corrected chi connectivity index (χ0v) is 35.2. The molecule has 328 valence electrons. The lowest BCUT2D eigenvalue weighted by molar-refractivity contribution is -0.141. The predicted molar refractivity (Wildman–Crippen MR) is 225 cm³/mol. The SMILES string of the molecule is Cn1c(=O)n(C2CCC(=O)NC2=O)c2cccc(CN3CC4(CCN(CC5CCC(n6cc7cc(NC(=O)c8cccc(C(F)(F)F)n8)c(C(C)(C)O)cc7n6)CC5)CC4)C3)c21. The Labute approximate surface area is 356 Å². The highest BCUT2D eigenvalue weighted by atomic mass is 19.4. The van der Waals surface area contributed by atoms with Gasteiger partial charge in [-0.25, -0.2) is 9.78 Å². The first-order chi connectivity index (χ1) is 29.4. The number of aromatic nitrogens is 5. The molecule has 1 aliphatic carbocycles. The first kappa shape index (κ1) is 41.9. The van der Waals surface area contributed by atoms with Crippen molar-refractivity contribution < 1.29 is 32.7 Å². The number of para-hydroxylation sites is 1. The number of anilines is 1. The van der Waals surface area contributed by atoms with Crippen LogP contribution >= 0.6 is 0 Å². The van der Waals surface area contributed by atoms with E-state index in [0.717, 1.165) is 112 Å². The highest BCUT2D eigenvalue weighted by Crippen LogP contribution is 2.43. The van der Waals surface area contributed by atoms with Crippen molar-refractivity contribution in [1.29, 1.82) is 0 Å². The van der Waals surface area contributed by atoms with Gasteiger partial charge in [0.05, 0.1) is 28.2 Å². The van der Waals surface area contributed by atoms with Crippen LogP contribution in [-0.4, -0.2) is 89.3 Å². The predicted octanol–water partition coefficient (Wildman–Crippen LogP) is 5.89. The second-order valence-electron chi connectivity index (χ2n) is 18.6. The number of aryl methyl sites for hydroxylation is 1. The van der Waals surface area contributed by atoms with E-state index in [4.69, 9.17) is 5.10 Å². The molecule has 0 bridgehead atoms. The van der Waals surface area contributed by atoms with Crippen molar-refractivity contribution in [3.8, 4) is 0 Å². The molecule has 5 aromatic rings. The number of likely N-dealkylation sites (tertiary alicyclic amines) is 2. The van der Waals surface area contributed by atoms with Gasteiger partial charge in [-0.3, -0.25) is 38.4 Å². The lowest BCUT2D eigenvalue weighted by atomic mass is 9.71. The Morgan fingerprint density at radius 3 is 2.39 bits per heavy atom. The van der Waals surface area contributed by atoms with Gasteiger partial charge in [0.2, 0.25) is 11.8 Å². The first-order valence-electron chi connectivity index (χ1n) is 21.5. The molecule has 62 heavy (non-hydrogen) atoms. The number of nitrogens with one attached hydrogen (secondary N) is 2.